The predicted octanol–water partition coefficient (Wildman–Crippen LogP) is 3.97. The molecule has 10 heteroatoms. The molecular weight excluding hydrogens is 387 g/mol. The highest BCUT2D eigenvalue weighted by atomic mass is 19.4. The molecule has 0 aromatic carbocycles. The molecular formula is C19H20F3N5O2. The summed E-state index contributed by atoms with van der Waals surface area (Å²) in [6.45, 7) is 3.88. The van der Waals surface area contributed by atoms with Crippen LogP contribution < -0.4 is 0 Å². The lowest BCUT2D eigenvalue weighted by atomic mass is 9.99. The van der Waals surface area contributed by atoms with Crippen LogP contribution in [0.4, 0.5) is 13.2 Å². The van der Waals surface area contributed by atoms with E-state index >= 15 is 0 Å². The molecule has 154 valence electrons. The Hall–Kier alpha value is -2.91. The Morgan fingerprint density at radius 2 is 2.07 bits per heavy atom. The number of nitrogens with zero attached hydrogens (tertiary/aromatic N) is 5. The van der Waals surface area contributed by atoms with Crippen molar-refractivity contribution in [3.63, 3.8) is 0 Å². The Balaban J connectivity index is 1.73. The van der Waals surface area contributed by atoms with Crippen LogP contribution in [0.5, 0.6) is 0 Å². The number of alkyl halides is 3. The Morgan fingerprint density at radius 1 is 1.28 bits per heavy atom. The molecule has 3 aromatic heterocycles. The number of aryl methyl sites for hydroxylation is 2. The van der Waals surface area contributed by atoms with Gasteiger partial charge < -0.3 is 9.42 Å². The Labute approximate surface area is 164 Å². The van der Waals surface area contributed by atoms with Crippen molar-refractivity contribution < 1.29 is 22.5 Å². The van der Waals surface area contributed by atoms with Crippen LogP contribution >= 0.6 is 0 Å². The minimum absolute atomic E-state index is 0.111. The molecule has 1 aliphatic rings. The second-order valence-corrected chi connectivity index (χ2v) is 7.16. The number of carbonyl (C=O) groups is 1. The summed E-state index contributed by atoms with van der Waals surface area (Å²) in [4.78, 5) is 18.8. The third kappa shape index (κ3) is 3.58. The van der Waals surface area contributed by atoms with Crippen LogP contribution in [0.15, 0.2) is 22.7 Å². The SMILES string of the molecule is CCc1cc(C(=O)N2CCCCC2c2cc3nc(C)cc(C(F)(F)F)n3n2)no1. The summed E-state index contributed by atoms with van der Waals surface area (Å²) in [5.74, 6) is 0.291. The van der Waals surface area contributed by atoms with Crippen LogP contribution in [0.2, 0.25) is 0 Å². The summed E-state index contributed by atoms with van der Waals surface area (Å²) in [5, 5.41) is 8.03. The van der Waals surface area contributed by atoms with E-state index in [0.29, 0.717) is 30.8 Å². The molecule has 29 heavy (non-hydrogen) atoms. The lowest BCUT2D eigenvalue weighted by Crippen LogP contribution is -2.38. The Bertz CT molecular complexity index is 1060. The van der Waals surface area contributed by atoms with E-state index in [-0.39, 0.29) is 22.9 Å². The van der Waals surface area contributed by atoms with Gasteiger partial charge in [0, 0.05) is 30.8 Å². The van der Waals surface area contributed by atoms with E-state index in [1.807, 2.05) is 6.92 Å². The van der Waals surface area contributed by atoms with Gasteiger partial charge in [-0.25, -0.2) is 9.50 Å². The lowest BCUT2D eigenvalue weighted by molar-refractivity contribution is -0.142. The molecule has 0 aliphatic carbocycles. The first-order valence-electron chi connectivity index (χ1n) is 9.49. The fraction of sp³-hybridized carbons (Fsp3) is 0.474. The first-order valence-corrected chi connectivity index (χ1v) is 9.49. The molecule has 0 radical (unpaired) electrons. The number of hydrogen-bond donors (Lipinski definition) is 0. The van der Waals surface area contributed by atoms with Gasteiger partial charge in [-0.15, -0.1) is 0 Å². The summed E-state index contributed by atoms with van der Waals surface area (Å²) in [6, 6.07) is 3.65. The number of piperidine rings is 1. The summed E-state index contributed by atoms with van der Waals surface area (Å²) in [5.41, 5.74) is 0.0647. The Kier molecular flexibility index (Phi) is 4.79. The van der Waals surface area contributed by atoms with Gasteiger partial charge in [0.1, 0.15) is 11.5 Å². The molecule has 4 heterocycles. The molecule has 0 saturated carbocycles. The third-order valence-corrected chi connectivity index (χ3v) is 5.10. The van der Waals surface area contributed by atoms with Gasteiger partial charge in [-0.3, -0.25) is 4.79 Å². The van der Waals surface area contributed by atoms with Crippen molar-refractivity contribution in [2.45, 2.75) is 51.7 Å². The van der Waals surface area contributed by atoms with Crippen LogP contribution in [0.3, 0.4) is 0 Å². The number of halogens is 3. The van der Waals surface area contributed by atoms with Crippen LogP contribution in [0.1, 0.15) is 65.6 Å². The average Bonchev–Trinajstić information content (AvgIpc) is 3.32. The first-order chi connectivity index (χ1) is 13.8. The quantitative estimate of drug-likeness (QED) is 0.657. The van der Waals surface area contributed by atoms with E-state index in [9.17, 15) is 18.0 Å². The summed E-state index contributed by atoms with van der Waals surface area (Å²) in [7, 11) is 0. The average molecular weight is 407 g/mol. The summed E-state index contributed by atoms with van der Waals surface area (Å²) >= 11 is 0. The van der Waals surface area contributed by atoms with Crippen molar-refractivity contribution in [1.29, 1.82) is 0 Å². The van der Waals surface area contributed by atoms with Crippen LogP contribution in [0.25, 0.3) is 5.65 Å². The predicted molar refractivity (Wildman–Crippen MR) is 96.2 cm³/mol. The molecule has 1 aliphatic heterocycles. The summed E-state index contributed by atoms with van der Waals surface area (Å²) < 4.78 is 46.3. The molecule has 0 bridgehead atoms. The van der Waals surface area contributed by atoms with Crippen molar-refractivity contribution in [1.82, 2.24) is 24.7 Å². The summed E-state index contributed by atoms with van der Waals surface area (Å²) in [6.07, 6.45) is -1.69. The first kappa shape index (κ1) is 19.4. The number of rotatable bonds is 3. The van der Waals surface area contributed by atoms with Crippen molar-refractivity contribution in [2.75, 3.05) is 6.54 Å². The third-order valence-electron chi connectivity index (χ3n) is 5.10. The number of likely N-dealkylation sites (tertiary alicyclic amines) is 1. The zero-order chi connectivity index (χ0) is 20.8. The minimum Gasteiger partial charge on any atom is -0.361 e. The standard InChI is InChI=1S/C19H20F3N5O2/c1-3-12-9-14(25-29-12)18(28)26-7-5-4-6-15(26)13-10-17-23-11(2)8-16(19(20,21)22)27(17)24-13/h8-10,15H,3-7H2,1-2H3. The number of hydrogen-bond acceptors (Lipinski definition) is 5. The second-order valence-electron chi connectivity index (χ2n) is 7.16. The Morgan fingerprint density at radius 3 is 2.76 bits per heavy atom. The zero-order valence-corrected chi connectivity index (χ0v) is 16.0. The highest BCUT2D eigenvalue weighted by Gasteiger charge is 2.37. The molecule has 1 saturated heterocycles. The highest BCUT2D eigenvalue weighted by Crippen LogP contribution is 2.34. The fourth-order valence-electron chi connectivity index (χ4n) is 3.69. The van der Waals surface area contributed by atoms with E-state index < -0.39 is 17.9 Å². The lowest BCUT2D eigenvalue weighted by Gasteiger charge is -2.34. The maximum atomic E-state index is 13.4. The molecule has 4 rings (SSSR count). The van der Waals surface area contributed by atoms with Gasteiger partial charge in [0.25, 0.3) is 5.91 Å². The normalized spacial score (nSPS) is 17.8. The van der Waals surface area contributed by atoms with E-state index in [1.165, 1.54) is 13.0 Å². The van der Waals surface area contributed by atoms with Gasteiger partial charge in [0.15, 0.2) is 11.3 Å². The van der Waals surface area contributed by atoms with Crippen LogP contribution in [-0.2, 0) is 12.6 Å². The van der Waals surface area contributed by atoms with Gasteiger partial charge >= 0.3 is 6.18 Å². The van der Waals surface area contributed by atoms with E-state index in [0.717, 1.165) is 23.4 Å². The maximum absolute atomic E-state index is 13.4. The van der Waals surface area contributed by atoms with E-state index in [2.05, 4.69) is 15.2 Å². The smallest absolute Gasteiger partial charge is 0.361 e. The largest absolute Gasteiger partial charge is 0.433 e. The number of amides is 1. The van der Waals surface area contributed by atoms with Crippen molar-refractivity contribution in [3.05, 3.63) is 46.7 Å². The fourth-order valence-corrected chi connectivity index (χ4v) is 3.69. The minimum atomic E-state index is -4.56. The monoisotopic (exact) mass is 407 g/mol. The molecule has 0 N–H and O–H groups in total. The number of fused-ring (bicyclic) bond motifs is 1. The second kappa shape index (κ2) is 7.16. The van der Waals surface area contributed by atoms with Crippen LogP contribution in [-0.4, -0.2) is 37.1 Å². The van der Waals surface area contributed by atoms with Gasteiger partial charge in [-0.05, 0) is 32.3 Å². The van der Waals surface area contributed by atoms with Crippen molar-refractivity contribution >= 4 is 11.6 Å². The maximum Gasteiger partial charge on any atom is 0.433 e. The van der Waals surface area contributed by atoms with Crippen molar-refractivity contribution in [3.8, 4) is 0 Å². The molecule has 1 amide bonds. The van der Waals surface area contributed by atoms with Gasteiger partial charge in [-0.1, -0.05) is 12.1 Å². The molecule has 3 aromatic rings. The number of carbonyl (C=O) groups excluding carboxylic acids is 1. The zero-order valence-electron chi connectivity index (χ0n) is 16.0. The number of aromatic nitrogens is 4. The topological polar surface area (TPSA) is 76.5 Å². The van der Waals surface area contributed by atoms with Crippen LogP contribution in [0, 0.1) is 6.92 Å². The molecule has 1 fully saturated rings. The molecule has 7 nitrogen and oxygen atoms in total. The van der Waals surface area contributed by atoms with Gasteiger partial charge in [-0.2, -0.15) is 18.3 Å². The van der Waals surface area contributed by atoms with Gasteiger partial charge in [0.2, 0.25) is 0 Å². The van der Waals surface area contributed by atoms with E-state index in [1.54, 1.807) is 11.0 Å². The molecule has 0 spiro atoms. The molecule has 1 unspecified atom stereocenters. The van der Waals surface area contributed by atoms with Crippen molar-refractivity contribution in [2.24, 2.45) is 0 Å². The molecule has 1 atom stereocenters. The van der Waals surface area contributed by atoms with E-state index in [4.69, 9.17) is 4.52 Å². The highest BCUT2D eigenvalue weighted by molar-refractivity contribution is 5.92. The van der Waals surface area contributed by atoms with Gasteiger partial charge in [0.05, 0.1) is 11.7 Å².